The molecular weight excluding hydrogens is 362 g/mol. The lowest BCUT2D eigenvalue weighted by atomic mass is 10.1. The smallest absolute Gasteiger partial charge is 0.280 e. The number of nitrogens with one attached hydrogen (secondary N) is 1. The van der Waals surface area contributed by atoms with Crippen LogP contribution in [0.15, 0.2) is 12.5 Å². The molecule has 0 unspecified atom stereocenters. The highest BCUT2D eigenvalue weighted by atomic mass is 35.5. The molecule has 0 atom stereocenters. The second-order valence-electron chi connectivity index (χ2n) is 7.87. The number of nitrogen functional groups attached to an aromatic ring is 1. The number of unbranched alkanes of at least 4 members (excludes halogenated alkanes) is 9. The van der Waals surface area contributed by atoms with Crippen LogP contribution in [0.3, 0.4) is 0 Å². The number of hydrogen-bond donors (Lipinski definition) is 2. The molecule has 0 spiro atoms. The summed E-state index contributed by atoms with van der Waals surface area (Å²) in [6.45, 7) is 3.68. The Kier molecular flexibility index (Phi) is 13.9. The Hall–Kier alpha value is -1.40. The van der Waals surface area contributed by atoms with Crippen LogP contribution in [0.2, 0.25) is 0 Å². The first kappa shape index (κ1) is 25.6. The second-order valence-corrected chi connectivity index (χ2v) is 7.87. The third-order valence-electron chi connectivity index (χ3n) is 4.69. The summed E-state index contributed by atoms with van der Waals surface area (Å²) in [6.07, 6.45) is 16.2. The normalized spacial score (nSPS) is 11.1. The van der Waals surface area contributed by atoms with E-state index < -0.39 is 0 Å². The number of amides is 1. The Morgan fingerprint density at radius 1 is 1.04 bits per heavy atom. The van der Waals surface area contributed by atoms with Gasteiger partial charge in [0, 0.05) is 0 Å². The fourth-order valence-corrected chi connectivity index (χ4v) is 3.11. The van der Waals surface area contributed by atoms with Crippen molar-refractivity contribution in [3.8, 4) is 0 Å². The number of rotatable bonds is 14. The van der Waals surface area contributed by atoms with Crippen molar-refractivity contribution in [2.24, 2.45) is 0 Å². The average Bonchev–Trinajstić information content (AvgIpc) is 2.58. The van der Waals surface area contributed by atoms with Crippen LogP contribution < -0.4 is 23.5 Å². The Morgan fingerprint density at radius 3 is 2.15 bits per heavy atom. The lowest BCUT2D eigenvalue weighted by Gasteiger charge is -2.29. The van der Waals surface area contributed by atoms with E-state index in [9.17, 15) is 4.79 Å². The van der Waals surface area contributed by atoms with E-state index in [0.29, 0.717) is 22.5 Å². The average molecular weight is 400 g/mol. The van der Waals surface area contributed by atoms with Gasteiger partial charge >= 0.3 is 0 Å². The summed E-state index contributed by atoms with van der Waals surface area (Å²) in [5.41, 5.74) is 6.15. The number of carbonyl (C=O) groups is 1. The highest BCUT2D eigenvalue weighted by molar-refractivity contribution is 5.93. The number of hydrogen-bond acceptors (Lipinski definition) is 4. The first-order valence-corrected chi connectivity index (χ1v) is 10.1. The van der Waals surface area contributed by atoms with Crippen molar-refractivity contribution >= 4 is 17.4 Å². The molecule has 0 aliphatic heterocycles. The van der Waals surface area contributed by atoms with Gasteiger partial charge in [-0.1, -0.05) is 58.3 Å². The number of likely N-dealkylation sites (N-methyl/N-ethyl adjacent to an activating group) is 1. The number of quaternary nitrogens is 1. The summed E-state index contributed by atoms with van der Waals surface area (Å²) in [7, 11) is 4.19. The minimum absolute atomic E-state index is 0. The Balaban J connectivity index is 0.00000676. The van der Waals surface area contributed by atoms with Gasteiger partial charge in [-0.3, -0.25) is 4.79 Å². The summed E-state index contributed by atoms with van der Waals surface area (Å²) in [5.74, 6) is 0.330. The molecule has 0 fully saturated rings. The minimum Gasteiger partial charge on any atom is -1.00 e. The van der Waals surface area contributed by atoms with E-state index >= 15 is 0 Å². The molecule has 3 N–H and O–H groups in total. The van der Waals surface area contributed by atoms with Gasteiger partial charge in [-0.2, -0.15) is 0 Å². The molecule has 0 saturated heterocycles. The van der Waals surface area contributed by atoms with Gasteiger partial charge in [0.2, 0.25) is 0 Å². The van der Waals surface area contributed by atoms with Gasteiger partial charge < -0.3 is 27.9 Å². The van der Waals surface area contributed by atoms with Gasteiger partial charge in [0.15, 0.2) is 12.4 Å². The monoisotopic (exact) mass is 399 g/mol. The molecule has 27 heavy (non-hydrogen) atoms. The highest BCUT2D eigenvalue weighted by Crippen LogP contribution is 2.13. The van der Waals surface area contributed by atoms with Crippen molar-refractivity contribution < 1.29 is 21.7 Å². The minimum atomic E-state index is -0.0625. The SMILES string of the molecule is CCCCCCCCCCCC[N+](C)(C)CC(=O)Nc1ncncc1N.[Cl-]. The summed E-state index contributed by atoms with van der Waals surface area (Å²) in [5, 5.41) is 2.77. The fourth-order valence-electron chi connectivity index (χ4n) is 3.11. The first-order valence-electron chi connectivity index (χ1n) is 10.1. The maximum Gasteiger partial charge on any atom is 0.280 e. The molecule has 7 heteroatoms. The van der Waals surface area contributed by atoms with Crippen molar-refractivity contribution in [1.82, 2.24) is 9.97 Å². The van der Waals surface area contributed by atoms with Crippen molar-refractivity contribution in [1.29, 1.82) is 0 Å². The molecule has 0 radical (unpaired) electrons. The predicted octanol–water partition coefficient (Wildman–Crippen LogP) is 0.999. The first-order chi connectivity index (χ1) is 12.4. The number of nitrogens with zero attached hydrogens (tertiary/aromatic N) is 3. The molecule has 156 valence electrons. The Morgan fingerprint density at radius 2 is 1.59 bits per heavy atom. The summed E-state index contributed by atoms with van der Waals surface area (Å²) < 4.78 is 0.674. The molecule has 0 saturated carbocycles. The van der Waals surface area contributed by atoms with Crippen LogP contribution in [0.5, 0.6) is 0 Å². The molecule has 1 rings (SSSR count). The largest absolute Gasteiger partial charge is 1.00 e. The van der Waals surface area contributed by atoms with Gasteiger partial charge in [-0.15, -0.1) is 0 Å². The molecule has 1 aromatic heterocycles. The molecule has 0 aliphatic carbocycles. The van der Waals surface area contributed by atoms with E-state index in [1.54, 1.807) is 0 Å². The number of carbonyl (C=O) groups excluding carboxylic acids is 1. The van der Waals surface area contributed by atoms with Crippen LogP contribution in [0, 0.1) is 0 Å². The van der Waals surface area contributed by atoms with Crippen LogP contribution in [0.25, 0.3) is 0 Å². The lowest BCUT2D eigenvalue weighted by Crippen LogP contribution is -3.00. The number of halogens is 1. The molecule has 0 aromatic carbocycles. The van der Waals surface area contributed by atoms with Gasteiger partial charge in [0.1, 0.15) is 6.33 Å². The zero-order valence-electron chi connectivity index (χ0n) is 17.3. The highest BCUT2D eigenvalue weighted by Gasteiger charge is 2.20. The fraction of sp³-hybridized carbons (Fsp3) is 0.750. The van der Waals surface area contributed by atoms with Crippen LogP contribution in [-0.2, 0) is 4.79 Å². The quantitative estimate of drug-likeness (QED) is 0.361. The Labute approximate surface area is 171 Å². The van der Waals surface area contributed by atoms with Gasteiger partial charge in [0.25, 0.3) is 5.91 Å². The molecule has 0 bridgehead atoms. The molecule has 1 aromatic rings. The van der Waals surface area contributed by atoms with Gasteiger partial charge in [0.05, 0.1) is 32.5 Å². The number of nitrogens with two attached hydrogens (primary N) is 1. The topological polar surface area (TPSA) is 80.9 Å². The van der Waals surface area contributed by atoms with Crippen molar-refractivity contribution in [3.05, 3.63) is 12.5 Å². The Bertz CT molecular complexity index is 525. The van der Waals surface area contributed by atoms with E-state index in [0.717, 1.165) is 13.0 Å². The van der Waals surface area contributed by atoms with Crippen molar-refractivity contribution in [2.45, 2.75) is 71.1 Å². The third kappa shape index (κ3) is 12.6. The van der Waals surface area contributed by atoms with Crippen LogP contribution in [0.4, 0.5) is 11.5 Å². The number of anilines is 2. The zero-order chi connectivity index (χ0) is 19.3. The van der Waals surface area contributed by atoms with E-state index in [4.69, 9.17) is 5.73 Å². The maximum atomic E-state index is 12.2. The molecule has 0 aliphatic rings. The van der Waals surface area contributed by atoms with E-state index in [-0.39, 0.29) is 18.3 Å². The van der Waals surface area contributed by atoms with Crippen molar-refractivity contribution in [3.63, 3.8) is 0 Å². The van der Waals surface area contributed by atoms with Crippen molar-refractivity contribution in [2.75, 3.05) is 38.2 Å². The molecule has 6 nitrogen and oxygen atoms in total. The molecule has 1 amide bonds. The number of aromatic nitrogens is 2. The van der Waals surface area contributed by atoms with Crippen LogP contribution >= 0.6 is 0 Å². The maximum absolute atomic E-state index is 12.2. The van der Waals surface area contributed by atoms with Gasteiger partial charge in [-0.05, 0) is 12.8 Å². The predicted molar refractivity (Wildman–Crippen MR) is 109 cm³/mol. The van der Waals surface area contributed by atoms with Gasteiger partial charge in [-0.25, -0.2) is 9.97 Å². The molecule has 1 heterocycles. The van der Waals surface area contributed by atoms with Crippen LogP contribution in [0.1, 0.15) is 71.1 Å². The van der Waals surface area contributed by atoms with E-state index in [1.165, 1.54) is 70.3 Å². The van der Waals surface area contributed by atoms with E-state index in [1.807, 2.05) is 0 Å². The van der Waals surface area contributed by atoms with E-state index in [2.05, 4.69) is 36.3 Å². The zero-order valence-corrected chi connectivity index (χ0v) is 18.1. The summed E-state index contributed by atoms with van der Waals surface area (Å²) >= 11 is 0. The summed E-state index contributed by atoms with van der Waals surface area (Å²) in [6, 6.07) is 0. The molecular formula is C20H38ClN5O. The standard InChI is InChI=1S/C20H37N5O.ClH/c1-4-5-6-7-8-9-10-11-12-13-14-25(2,3)16-19(26)24-20-18(21)15-22-17-23-20;/h15,17H,4-14,16,21H2,1-3H3;1H. The third-order valence-corrected chi connectivity index (χ3v) is 4.69. The van der Waals surface area contributed by atoms with Crippen LogP contribution in [-0.4, -0.2) is 47.5 Å². The lowest BCUT2D eigenvalue weighted by molar-refractivity contribution is -0.882. The summed E-state index contributed by atoms with van der Waals surface area (Å²) in [4.78, 5) is 20.0. The second kappa shape index (κ2) is 14.6.